The van der Waals surface area contributed by atoms with E-state index in [-0.39, 0.29) is 5.69 Å². The second-order valence-corrected chi connectivity index (χ2v) is 9.31. The Morgan fingerprint density at radius 3 is 2.18 bits per heavy atom. The van der Waals surface area contributed by atoms with Crippen molar-refractivity contribution < 1.29 is 14.5 Å². The van der Waals surface area contributed by atoms with Gasteiger partial charge < -0.3 is 15.1 Å². The van der Waals surface area contributed by atoms with Crippen molar-refractivity contribution in [2.75, 3.05) is 43.4 Å². The molecule has 9 heteroatoms. The number of rotatable bonds is 6. The minimum Gasteiger partial charge on any atom is -0.369 e. The van der Waals surface area contributed by atoms with Crippen LogP contribution in [0.5, 0.6) is 0 Å². The Kier molecular flexibility index (Phi) is 7.01. The fraction of sp³-hybridized carbons (Fsp3) is 0.172. The molecular weight excluding hydrogens is 482 g/mol. The van der Waals surface area contributed by atoms with E-state index in [1.807, 2.05) is 24.3 Å². The van der Waals surface area contributed by atoms with Crippen LogP contribution in [-0.4, -0.2) is 54.9 Å². The molecule has 5 rings (SSSR count). The molecule has 0 unspecified atom stereocenters. The number of amides is 2. The molecule has 2 heterocycles. The third-order valence-corrected chi connectivity index (χ3v) is 6.74. The summed E-state index contributed by atoms with van der Waals surface area (Å²) in [5, 5.41) is 16.5. The number of nitro groups is 1. The van der Waals surface area contributed by atoms with Crippen LogP contribution in [0.3, 0.4) is 0 Å². The van der Waals surface area contributed by atoms with Gasteiger partial charge in [0.25, 0.3) is 17.5 Å². The highest BCUT2D eigenvalue weighted by atomic mass is 16.6. The highest BCUT2D eigenvalue weighted by Gasteiger charge is 2.27. The monoisotopic (exact) mass is 509 g/mol. The van der Waals surface area contributed by atoms with E-state index in [1.165, 1.54) is 12.1 Å². The number of nitrogens with one attached hydrogen (secondary N) is 2. The maximum Gasteiger partial charge on any atom is 0.269 e. The topological polar surface area (TPSA) is 108 Å². The van der Waals surface area contributed by atoms with Crippen LogP contribution in [-0.2, 0) is 4.79 Å². The summed E-state index contributed by atoms with van der Waals surface area (Å²) in [6, 6.07) is 19.5. The quantitative estimate of drug-likeness (QED) is 0.168. The van der Waals surface area contributed by atoms with Crippen LogP contribution in [0.2, 0.25) is 0 Å². The molecule has 9 nitrogen and oxygen atoms in total. The number of non-ortho nitro benzene ring substituents is 1. The Balaban J connectivity index is 1.35. The van der Waals surface area contributed by atoms with Gasteiger partial charge in [0, 0.05) is 67.0 Å². The van der Waals surface area contributed by atoms with Gasteiger partial charge in [0.2, 0.25) is 0 Å². The third-order valence-electron chi connectivity index (χ3n) is 6.74. The first-order valence-corrected chi connectivity index (χ1v) is 12.3. The number of likely N-dealkylation sites (N-methyl/N-ethyl adjacent to an activating group) is 1. The molecule has 3 aromatic rings. The molecule has 0 aromatic heterocycles. The lowest BCUT2D eigenvalue weighted by molar-refractivity contribution is -0.384. The first kappa shape index (κ1) is 24.9. The average molecular weight is 510 g/mol. The summed E-state index contributed by atoms with van der Waals surface area (Å²) in [5.74, 6) is -0.912. The molecule has 2 aliphatic rings. The van der Waals surface area contributed by atoms with Crippen LogP contribution in [0.15, 0.2) is 72.9 Å². The maximum atomic E-state index is 12.7. The average Bonchev–Trinajstić information content (AvgIpc) is 2.92. The summed E-state index contributed by atoms with van der Waals surface area (Å²) in [6.07, 6.45) is 5.27. The second kappa shape index (κ2) is 10.7. The molecule has 2 N–H and O–H groups in total. The van der Waals surface area contributed by atoms with Gasteiger partial charge in [-0.3, -0.25) is 25.0 Å². The van der Waals surface area contributed by atoms with E-state index in [1.54, 1.807) is 36.5 Å². The fourth-order valence-corrected chi connectivity index (χ4v) is 4.48. The van der Waals surface area contributed by atoms with Crippen molar-refractivity contribution in [1.82, 2.24) is 10.2 Å². The molecule has 0 aliphatic carbocycles. The Labute approximate surface area is 220 Å². The number of benzene rings is 3. The molecule has 2 aliphatic heterocycles. The maximum absolute atomic E-state index is 12.7. The van der Waals surface area contributed by atoms with Crippen LogP contribution in [0, 0.1) is 10.1 Å². The third kappa shape index (κ3) is 5.47. The zero-order valence-corrected chi connectivity index (χ0v) is 20.9. The van der Waals surface area contributed by atoms with Crippen LogP contribution in [0.1, 0.15) is 27.0 Å². The summed E-state index contributed by atoms with van der Waals surface area (Å²) < 4.78 is 0. The lowest BCUT2D eigenvalue weighted by Crippen LogP contribution is -2.44. The van der Waals surface area contributed by atoms with Crippen molar-refractivity contribution in [2.24, 2.45) is 0 Å². The molecule has 2 amide bonds. The molecule has 1 fully saturated rings. The van der Waals surface area contributed by atoms with Crippen molar-refractivity contribution in [3.05, 3.63) is 105 Å². The van der Waals surface area contributed by atoms with E-state index in [0.717, 1.165) is 48.7 Å². The predicted octanol–water partition coefficient (Wildman–Crippen LogP) is 4.24. The molecular formula is C29H27N5O4. The van der Waals surface area contributed by atoms with Crippen molar-refractivity contribution in [2.45, 2.75) is 0 Å². The number of carbonyl (C=O) groups excluding carboxylic acids is 2. The van der Waals surface area contributed by atoms with E-state index >= 15 is 0 Å². The minimum absolute atomic E-state index is 0.0247. The largest absolute Gasteiger partial charge is 0.369 e. The smallest absolute Gasteiger partial charge is 0.269 e. The molecule has 3 aromatic carbocycles. The first-order chi connectivity index (χ1) is 18.4. The van der Waals surface area contributed by atoms with Gasteiger partial charge in [0.15, 0.2) is 0 Å². The van der Waals surface area contributed by atoms with Crippen LogP contribution in [0.25, 0.3) is 17.7 Å². The molecule has 38 heavy (non-hydrogen) atoms. The lowest BCUT2D eigenvalue weighted by atomic mass is 9.93. The van der Waals surface area contributed by atoms with Gasteiger partial charge in [-0.15, -0.1) is 0 Å². The highest BCUT2D eigenvalue weighted by Crippen LogP contribution is 2.27. The Hall–Kier alpha value is -4.76. The zero-order valence-electron chi connectivity index (χ0n) is 20.9. The molecule has 192 valence electrons. The number of hydrogen-bond donors (Lipinski definition) is 2. The van der Waals surface area contributed by atoms with Crippen LogP contribution < -0.4 is 15.5 Å². The van der Waals surface area contributed by atoms with Gasteiger partial charge in [-0.1, -0.05) is 18.2 Å². The highest BCUT2D eigenvalue weighted by molar-refractivity contribution is 6.31. The molecule has 0 atom stereocenters. The van der Waals surface area contributed by atoms with E-state index in [4.69, 9.17) is 0 Å². The fourth-order valence-electron chi connectivity index (χ4n) is 4.48. The summed E-state index contributed by atoms with van der Waals surface area (Å²) in [4.78, 5) is 40.3. The van der Waals surface area contributed by atoms with Crippen molar-refractivity contribution in [3.8, 4) is 0 Å². The van der Waals surface area contributed by atoms with Gasteiger partial charge in [0.1, 0.15) is 0 Å². The second-order valence-electron chi connectivity index (χ2n) is 9.31. The van der Waals surface area contributed by atoms with Gasteiger partial charge in [-0.25, -0.2) is 0 Å². The van der Waals surface area contributed by atoms with E-state index in [2.05, 4.69) is 39.6 Å². The van der Waals surface area contributed by atoms with Crippen LogP contribution in [0.4, 0.5) is 17.1 Å². The number of nitro benzene ring substituents is 1. The molecule has 0 saturated carbocycles. The van der Waals surface area contributed by atoms with Gasteiger partial charge in [0.05, 0.1) is 10.5 Å². The van der Waals surface area contributed by atoms with E-state index < -0.39 is 16.7 Å². The van der Waals surface area contributed by atoms with Crippen molar-refractivity contribution >= 4 is 46.6 Å². The zero-order chi connectivity index (χ0) is 26.6. The van der Waals surface area contributed by atoms with E-state index in [9.17, 15) is 19.7 Å². The van der Waals surface area contributed by atoms with Crippen molar-refractivity contribution in [1.29, 1.82) is 0 Å². The Bertz CT molecular complexity index is 1440. The molecule has 0 bridgehead atoms. The number of fused-ring (bicyclic) bond motifs is 1. The standard InChI is InChI=1S/C29H27N5O4/c1-32-14-16-33(17-15-32)23-11-7-22(8-12-23)30-19-27-26-18-21(6-13-25(26)28(35)31-29(27)36)3-2-20-4-9-24(10-5-20)34(37)38/h2-13,18-19,30H,14-17H2,1H3,(H,31,35,36). The van der Waals surface area contributed by atoms with Gasteiger partial charge in [-0.05, 0) is 66.7 Å². The van der Waals surface area contributed by atoms with Crippen molar-refractivity contribution in [3.63, 3.8) is 0 Å². The summed E-state index contributed by atoms with van der Waals surface area (Å²) in [5.41, 5.74) is 4.89. The number of piperazine rings is 1. The SMILES string of the molecule is CN1CCN(c2ccc(NC=C3C(=O)NC(=O)c4ccc(C=Cc5ccc([N+](=O)[O-])cc5)cc43)cc2)CC1. The number of carbonyl (C=O) groups is 2. The first-order valence-electron chi connectivity index (χ1n) is 12.3. The summed E-state index contributed by atoms with van der Waals surface area (Å²) in [6.45, 7) is 4.04. The van der Waals surface area contributed by atoms with E-state index in [0.29, 0.717) is 16.7 Å². The Morgan fingerprint density at radius 1 is 0.842 bits per heavy atom. The molecule has 0 radical (unpaired) electrons. The molecule has 1 saturated heterocycles. The number of nitrogens with zero attached hydrogens (tertiary/aromatic N) is 3. The minimum atomic E-state index is -0.472. The summed E-state index contributed by atoms with van der Waals surface area (Å²) >= 11 is 0. The predicted molar refractivity (Wildman–Crippen MR) is 149 cm³/mol. The normalized spacial score (nSPS) is 17.0. The number of anilines is 2. The Morgan fingerprint density at radius 2 is 1.50 bits per heavy atom. The number of imide groups is 1. The van der Waals surface area contributed by atoms with Gasteiger partial charge >= 0.3 is 0 Å². The number of hydrogen-bond acceptors (Lipinski definition) is 7. The lowest BCUT2D eigenvalue weighted by Gasteiger charge is -2.34. The summed E-state index contributed by atoms with van der Waals surface area (Å²) in [7, 11) is 2.13. The van der Waals surface area contributed by atoms with Gasteiger partial charge in [-0.2, -0.15) is 0 Å². The van der Waals surface area contributed by atoms with Crippen LogP contribution >= 0.6 is 0 Å². The molecule has 0 spiro atoms.